The van der Waals surface area contributed by atoms with E-state index in [4.69, 9.17) is 11.0 Å². The fraction of sp³-hybridized carbons (Fsp3) is 0.308. The average molecular weight is 335 g/mol. The lowest BCUT2D eigenvalue weighted by atomic mass is 10.1. The maximum Gasteiger partial charge on any atom is 0.163 e. The van der Waals surface area contributed by atoms with Gasteiger partial charge in [0.1, 0.15) is 11.6 Å². The van der Waals surface area contributed by atoms with Crippen molar-refractivity contribution in [1.29, 1.82) is 5.26 Å². The minimum absolute atomic E-state index is 0.270. The first-order valence-electron chi connectivity index (χ1n) is 6.16. The Balaban J connectivity index is 1.91. The molecule has 6 nitrogen and oxygen atoms in total. The van der Waals surface area contributed by atoms with Crippen molar-refractivity contribution in [2.75, 3.05) is 24.2 Å². The van der Waals surface area contributed by atoms with Gasteiger partial charge in [0, 0.05) is 24.3 Å². The van der Waals surface area contributed by atoms with Gasteiger partial charge < -0.3 is 10.6 Å². The summed E-state index contributed by atoms with van der Waals surface area (Å²) in [5.74, 6) is 0.270. The van der Waals surface area contributed by atoms with Gasteiger partial charge in [0.2, 0.25) is 0 Å². The first kappa shape index (κ1) is 14.3. The standard InChI is InChI=1S/C13H15BrN6/c1-20(10-5-9(14)7-17-8-10)4-2-3-12-11(6-15)13(16)19-18-12/h5,7-8H,2-4H2,1H3,(H3,16,18,19). The maximum absolute atomic E-state index is 8.99. The number of rotatable bonds is 5. The van der Waals surface area contributed by atoms with E-state index in [1.165, 1.54) is 0 Å². The van der Waals surface area contributed by atoms with Gasteiger partial charge in [0.25, 0.3) is 0 Å². The van der Waals surface area contributed by atoms with Crippen molar-refractivity contribution < 1.29 is 0 Å². The van der Waals surface area contributed by atoms with E-state index in [0.29, 0.717) is 5.56 Å². The fourth-order valence-electron chi connectivity index (χ4n) is 1.93. The molecule has 20 heavy (non-hydrogen) atoms. The Kier molecular flexibility index (Phi) is 4.58. The summed E-state index contributed by atoms with van der Waals surface area (Å²) < 4.78 is 0.954. The molecule has 0 atom stereocenters. The zero-order valence-corrected chi connectivity index (χ0v) is 12.7. The molecule has 0 spiro atoms. The van der Waals surface area contributed by atoms with Crippen molar-refractivity contribution in [3.63, 3.8) is 0 Å². The summed E-state index contributed by atoms with van der Waals surface area (Å²) in [4.78, 5) is 6.25. The van der Waals surface area contributed by atoms with Crippen molar-refractivity contribution in [3.8, 4) is 6.07 Å². The quantitative estimate of drug-likeness (QED) is 0.872. The van der Waals surface area contributed by atoms with Crippen LogP contribution in [0.2, 0.25) is 0 Å². The SMILES string of the molecule is CN(CCCc1[nH]nc(N)c1C#N)c1cncc(Br)c1. The Morgan fingerprint density at radius 1 is 1.50 bits per heavy atom. The number of nitrogens with one attached hydrogen (secondary N) is 1. The van der Waals surface area contributed by atoms with Crippen LogP contribution in [0, 0.1) is 11.3 Å². The van der Waals surface area contributed by atoms with Gasteiger partial charge in [-0.05, 0) is 34.8 Å². The van der Waals surface area contributed by atoms with E-state index in [2.05, 4.69) is 42.1 Å². The van der Waals surface area contributed by atoms with Crippen LogP contribution in [0.4, 0.5) is 11.5 Å². The number of nitriles is 1. The molecule has 2 heterocycles. The summed E-state index contributed by atoms with van der Waals surface area (Å²) in [6.07, 6.45) is 5.20. The Hall–Kier alpha value is -2.07. The van der Waals surface area contributed by atoms with E-state index >= 15 is 0 Å². The van der Waals surface area contributed by atoms with E-state index in [1.807, 2.05) is 19.3 Å². The van der Waals surface area contributed by atoms with Crippen molar-refractivity contribution in [1.82, 2.24) is 15.2 Å². The third-order valence-corrected chi connectivity index (χ3v) is 3.47. The lowest BCUT2D eigenvalue weighted by Crippen LogP contribution is -2.19. The smallest absolute Gasteiger partial charge is 0.163 e. The van der Waals surface area contributed by atoms with Gasteiger partial charge in [-0.3, -0.25) is 10.1 Å². The van der Waals surface area contributed by atoms with E-state index in [9.17, 15) is 0 Å². The number of anilines is 2. The van der Waals surface area contributed by atoms with Gasteiger partial charge in [-0.2, -0.15) is 10.4 Å². The van der Waals surface area contributed by atoms with E-state index in [-0.39, 0.29) is 5.82 Å². The third kappa shape index (κ3) is 3.27. The molecule has 0 bridgehead atoms. The summed E-state index contributed by atoms with van der Waals surface area (Å²) in [5, 5.41) is 15.7. The van der Waals surface area contributed by atoms with Gasteiger partial charge in [0.15, 0.2) is 5.82 Å². The number of nitrogens with two attached hydrogens (primary N) is 1. The lowest BCUT2D eigenvalue weighted by molar-refractivity contribution is 0.765. The van der Waals surface area contributed by atoms with E-state index < -0.39 is 0 Å². The number of nitrogens with zero attached hydrogens (tertiary/aromatic N) is 4. The number of nitrogen functional groups attached to an aromatic ring is 1. The topological polar surface area (TPSA) is 94.6 Å². The summed E-state index contributed by atoms with van der Waals surface area (Å²) in [5.41, 5.74) is 7.90. The number of aromatic nitrogens is 3. The summed E-state index contributed by atoms with van der Waals surface area (Å²) in [6.45, 7) is 0.849. The van der Waals surface area contributed by atoms with Crippen molar-refractivity contribution >= 4 is 27.4 Å². The molecule has 0 aliphatic rings. The highest BCUT2D eigenvalue weighted by molar-refractivity contribution is 9.10. The molecule has 0 amide bonds. The molecule has 3 N–H and O–H groups in total. The van der Waals surface area contributed by atoms with Crippen LogP contribution in [0.25, 0.3) is 0 Å². The van der Waals surface area contributed by atoms with Crippen LogP contribution in [0.3, 0.4) is 0 Å². The minimum Gasteiger partial charge on any atom is -0.381 e. The molecule has 0 aliphatic heterocycles. The second-order valence-corrected chi connectivity index (χ2v) is 5.38. The Morgan fingerprint density at radius 3 is 3.00 bits per heavy atom. The predicted octanol–water partition coefficient (Wildman–Crippen LogP) is 2.09. The number of hydrogen-bond donors (Lipinski definition) is 2. The molecular weight excluding hydrogens is 320 g/mol. The van der Waals surface area contributed by atoms with Gasteiger partial charge in [0.05, 0.1) is 17.6 Å². The molecule has 0 unspecified atom stereocenters. The van der Waals surface area contributed by atoms with Crippen LogP contribution < -0.4 is 10.6 Å². The van der Waals surface area contributed by atoms with Crippen LogP contribution >= 0.6 is 15.9 Å². The minimum atomic E-state index is 0.270. The molecule has 0 aliphatic carbocycles. The molecule has 2 rings (SSSR count). The number of pyridine rings is 1. The van der Waals surface area contributed by atoms with Crippen LogP contribution in [-0.4, -0.2) is 28.8 Å². The first-order chi connectivity index (χ1) is 9.61. The van der Waals surface area contributed by atoms with Crippen molar-refractivity contribution in [3.05, 3.63) is 34.2 Å². The predicted molar refractivity (Wildman–Crippen MR) is 81.2 cm³/mol. The van der Waals surface area contributed by atoms with Crippen LogP contribution in [0.1, 0.15) is 17.7 Å². The normalized spacial score (nSPS) is 10.2. The molecule has 0 saturated heterocycles. The summed E-state index contributed by atoms with van der Waals surface area (Å²) in [6, 6.07) is 4.09. The Morgan fingerprint density at radius 2 is 2.30 bits per heavy atom. The zero-order valence-electron chi connectivity index (χ0n) is 11.1. The number of aromatic amines is 1. The van der Waals surface area contributed by atoms with Gasteiger partial charge in [-0.25, -0.2) is 0 Å². The van der Waals surface area contributed by atoms with E-state index in [1.54, 1.807) is 6.20 Å². The molecule has 0 saturated carbocycles. The summed E-state index contributed by atoms with van der Waals surface area (Å²) >= 11 is 3.40. The number of aryl methyl sites for hydroxylation is 1. The first-order valence-corrected chi connectivity index (χ1v) is 6.95. The second-order valence-electron chi connectivity index (χ2n) is 4.46. The molecule has 2 aromatic rings. The van der Waals surface area contributed by atoms with Crippen LogP contribution in [0.5, 0.6) is 0 Å². The molecule has 0 radical (unpaired) electrons. The molecule has 7 heteroatoms. The Bertz CT molecular complexity index is 630. The van der Waals surface area contributed by atoms with E-state index in [0.717, 1.165) is 35.2 Å². The van der Waals surface area contributed by atoms with Crippen molar-refractivity contribution in [2.24, 2.45) is 0 Å². The van der Waals surface area contributed by atoms with Gasteiger partial charge in [-0.1, -0.05) is 0 Å². The highest BCUT2D eigenvalue weighted by Crippen LogP contribution is 2.18. The van der Waals surface area contributed by atoms with Gasteiger partial charge >= 0.3 is 0 Å². The fourth-order valence-corrected chi connectivity index (χ4v) is 2.28. The summed E-state index contributed by atoms with van der Waals surface area (Å²) in [7, 11) is 2.01. The molecular formula is C13H15BrN6. The van der Waals surface area contributed by atoms with Crippen LogP contribution in [-0.2, 0) is 6.42 Å². The number of hydrogen-bond acceptors (Lipinski definition) is 5. The number of halogens is 1. The average Bonchev–Trinajstić information content (AvgIpc) is 2.79. The maximum atomic E-state index is 8.99. The molecule has 104 valence electrons. The van der Waals surface area contributed by atoms with Gasteiger partial charge in [-0.15, -0.1) is 0 Å². The molecule has 0 aromatic carbocycles. The molecule has 0 fully saturated rings. The monoisotopic (exact) mass is 334 g/mol. The third-order valence-electron chi connectivity index (χ3n) is 3.03. The largest absolute Gasteiger partial charge is 0.381 e. The molecule has 2 aromatic heterocycles. The number of H-pyrrole nitrogens is 1. The Labute approximate surface area is 125 Å². The highest BCUT2D eigenvalue weighted by atomic mass is 79.9. The van der Waals surface area contributed by atoms with Crippen LogP contribution in [0.15, 0.2) is 22.9 Å². The van der Waals surface area contributed by atoms with Crippen molar-refractivity contribution in [2.45, 2.75) is 12.8 Å². The second kappa shape index (κ2) is 6.39. The lowest BCUT2D eigenvalue weighted by Gasteiger charge is -2.18. The zero-order chi connectivity index (χ0) is 14.5. The highest BCUT2D eigenvalue weighted by Gasteiger charge is 2.10.